The minimum atomic E-state index is -1.73. The van der Waals surface area contributed by atoms with Gasteiger partial charge in [0.1, 0.15) is 23.0 Å². The number of fused-ring (bicyclic) bond motifs is 18. The van der Waals surface area contributed by atoms with E-state index in [1.807, 2.05) is 36.4 Å². The van der Waals surface area contributed by atoms with Crippen LogP contribution in [-0.4, -0.2) is 13.4 Å². The zero-order valence-corrected chi connectivity index (χ0v) is 69.1. The van der Waals surface area contributed by atoms with E-state index in [0.717, 1.165) is 145 Å². The van der Waals surface area contributed by atoms with Gasteiger partial charge in [-0.05, 0) is 226 Å². The monoisotopic (exact) mass is 1540 g/mol. The van der Waals surface area contributed by atoms with Gasteiger partial charge in [0.2, 0.25) is 0 Å². The Morgan fingerprint density at radius 3 is 1.07 bits per heavy atom. The maximum atomic E-state index is 10.3. The van der Waals surface area contributed by atoms with E-state index >= 15 is 0 Å². The van der Waals surface area contributed by atoms with E-state index in [4.69, 9.17) is 9.47 Å². The van der Waals surface area contributed by atoms with Gasteiger partial charge in [0.25, 0.3) is 13.4 Å². The van der Waals surface area contributed by atoms with Crippen LogP contribution in [0.5, 0.6) is 23.0 Å². The van der Waals surface area contributed by atoms with Crippen molar-refractivity contribution in [2.75, 3.05) is 9.80 Å². The average molecular weight is 1540 g/mol. The summed E-state index contributed by atoms with van der Waals surface area (Å²) in [6.07, 6.45) is 0. The maximum absolute atomic E-state index is 10.3. The van der Waals surface area contributed by atoms with Gasteiger partial charge >= 0.3 is 0 Å². The zero-order valence-electron chi connectivity index (χ0n) is 77.1. The average Bonchev–Trinajstić information content (AvgIpc) is 1.49. The Kier molecular flexibility index (Phi) is 14.2. The molecular formula is C113H92B2N2O2. The summed E-state index contributed by atoms with van der Waals surface area (Å²) in [4.78, 5) is 5.04. The molecule has 4 aliphatic heterocycles. The molecule has 2 aliphatic carbocycles. The van der Waals surface area contributed by atoms with Crippen LogP contribution in [0.4, 0.5) is 34.1 Å². The number of anilines is 6. The molecule has 16 aromatic rings. The number of benzene rings is 16. The highest BCUT2D eigenvalue weighted by atomic mass is 16.5. The molecule has 6 heteroatoms. The van der Waals surface area contributed by atoms with E-state index in [-0.39, 0.29) is 74.8 Å². The van der Waals surface area contributed by atoms with Crippen molar-refractivity contribution < 1.29 is 20.4 Å². The van der Waals surface area contributed by atoms with Gasteiger partial charge < -0.3 is 19.3 Å². The third-order valence-electron chi connectivity index (χ3n) is 26.0. The van der Waals surface area contributed by atoms with Crippen molar-refractivity contribution in [3.63, 3.8) is 0 Å². The summed E-state index contributed by atoms with van der Waals surface area (Å²) >= 11 is 0. The molecular weight excluding hydrogens is 1440 g/mol. The predicted octanol–water partition coefficient (Wildman–Crippen LogP) is 26.0. The highest BCUT2D eigenvalue weighted by Gasteiger charge is 2.54. The summed E-state index contributed by atoms with van der Waals surface area (Å²) in [6.45, 7) is 26.7. The SMILES string of the molecule is [2H]c1c([2H])c([2H])c2c(c1[2H])-c1c([2H])c([2H])c([2H])c([2H])c1C21c2ccccc2-c2cccc(-c3cc4c5c(c3)N(c3c(-c6ccccc6)cc(C(C)(C)C)cc3-c3ccccc3)c3ccccc3B5c3cc5c(cc3O4)Oc3cc(-c4cc(C(C)(C)C)cc(C(C)(C)C)c4)cc4c3B5c3ccccc3N4c3c(-c4ccccc4)cc(C(C)(C)C)cc3-c3ccccc3)c21. The summed E-state index contributed by atoms with van der Waals surface area (Å²) in [5.41, 5.74) is 29.3. The molecule has 0 bridgehead atoms. The van der Waals surface area contributed by atoms with Crippen LogP contribution in [0.15, 0.2) is 340 Å². The van der Waals surface area contributed by atoms with E-state index in [2.05, 4.69) is 348 Å². The van der Waals surface area contributed by atoms with Gasteiger partial charge in [-0.2, -0.15) is 0 Å². The molecule has 1 spiro atoms. The van der Waals surface area contributed by atoms with Crippen molar-refractivity contribution in [3.05, 3.63) is 384 Å². The summed E-state index contributed by atoms with van der Waals surface area (Å²) in [7, 11) is 0. The van der Waals surface area contributed by atoms with Crippen molar-refractivity contribution in [2.45, 2.75) is 110 Å². The van der Waals surface area contributed by atoms with Gasteiger partial charge in [0, 0.05) is 51.1 Å². The summed E-state index contributed by atoms with van der Waals surface area (Å²) in [6, 6.07) is 102. The normalized spacial score (nSPS) is 15.0. The van der Waals surface area contributed by atoms with Crippen LogP contribution in [0.3, 0.4) is 0 Å². The van der Waals surface area contributed by atoms with Crippen molar-refractivity contribution in [2.24, 2.45) is 0 Å². The summed E-state index contributed by atoms with van der Waals surface area (Å²) in [5.74, 6) is 2.57. The molecule has 22 rings (SSSR count). The lowest BCUT2D eigenvalue weighted by atomic mass is 9.31. The molecule has 4 heterocycles. The second kappa shape index (κ2) is 26.4. The number of ether oxygens (including phenoxy) is 2. The highest BCUT2D eigenvalue weighted by molar-refractivity contribution is 7.02. The molecule has 6 aliphatic rings. The topological polar surface area (TPSA) is 24.9 Å². The lowest BCUT2D eigenvalue weighted by Crippen LogP contribution is -2.63. The number of para-hydroxylation sites is 2. The molecule has 0 unspecified atom stereocenters. The lowest BCUT2D eigenvalue weighted by Gasteiger charge is -2.44. The minimum Gasteiger partial charge on any atom is -0.458 e. The molecule has 0 radical (unpaired) electrons. The maximum Gasteiger partial charge on any atom is 0.256 e. The first-order chi connectivity index (χ1) is 60.9. The molecule has 4 nitrogen and oxygen atoms in total. The van der Waals surface area contributed by atoms with Crippen molar-refractivity contribution in [3.8, 4) is 112 Å². The molecule has 572 valence electrons. The quantitative estimate of drug-likeness (QED) is 0.142. The molecule has 119 heavy (non-hydrogen) atoms. The van der Waals surface area contributed by atoms with Crippen LogP contribution in [-0.2, 0) is 27.1 Å². The number of hydrogen-bond acceptors (Lipinski definition) is 4. The molecule has 0 fully saturated rings. The van der Waals surface area contributed by atoms with E-state index in [9.17, 15) is 11.0 Å². The number of hydrogen-bond donors (Lipinski definition) is 0. The fraction of sp³-hybridized carbons (Fsp3) is 0.150. The van der Waals surface area contributed by atoms with Crippen LogP contribution in [0.1, 0.15) is 139 Å². The second-order valence-electron chi connectivity index (χ2n) is 37.2. The van der Waals surface area contributed by atoms with Crippen LogP contribution in [0.2, 0.25) is 0 Å². The fourth-order valence-electron chi connectivity index (χ4n) is 20.1. The van der Waals surface area contributed by atoms with Gasteiger partial charge in [-0.3, -0.25) is 0 Å². The minimum absolute atomic E-state index is 0.0523. The molecule has 0 atom stereocenters. The standard InChI is InChI=1S/C113H92B2N2O2/c1-109(2,3)76-56-73(57-77(62-76)110(4,5)6)74-58-98-105-102(60-74)118-100-68-101-95(67-94(100)114(105)92-52-31-33-54-96(92)116(98)107-85(69-36-17-13-18-37-69)63-78(111(7,8)9)64-86(107)70-38-19-14-20-39-70)115-93-53-32-34-55-97(93)117(108-87(71-40-21-15-22-41-71)65-79(112(10,11)12)66-88(108)72-42-23-16-24-43-72)99-59-75(61-103(119-101)106(99)115)80-47-35-48-84-83-46-27-30-51-91(83)113(104(80)84)89-49-28-25-44-81(89)82-45-26-29-50-90(82)113/h13-68H,1-12H3/i25D,26D,28D,29D,44D,45D,49D,50D. The van der Waals surface area contributed by atoms with Crippen molar-refractivity contribution in [1.82, 2.24) is 0 Å². The highest BCUT2D eigenvalue weighted by Crippen LogP contribution is 2.65. The Bertz CT molecular complexity index is 7210. The zero-order chi connectivity index (χ0) is 87.9. The molecule has 0 saturated carbocycles. The molecule has 16 aromatic carbocycles. The first-order valence-corrected chi connectivity index (χ1v) is 41.8. The molecule has 0 saturated heterocycles. The summed E-state index contributed by atoms with van der Waals surface area (Å²) < 4.78 is 94.1. The lowest BCUT2D eigenvalue weighted by molar-refractivity contribution is 0.466. The molecule has 0 aromatic heterocycles. The second-order valence-corrected chi connectivity index (χ2v) is 37.2. The largest absolute Gasteiger partial charge is 0.458 e. The first-order valence-electron chi connectivity index (χ1n) is 45.8. The van der Waals surface area contributed by atoms with E-state index in [1.165, 1.54) is 16.7 Å². The van der Waals surface area contributed by atoms with Gasteiger partial charge in [-0.1, -0.05) is 356 Å². The summed E-state index contributed by atoms with van der Waals surface area (Å²) in [5, 5.41) is 0. The molecule has 0 N–H and O–H groups in total. The third-order valence-corrected chi connectivity index (χ3v) is 26.0. The molecule has 0 amide bonds. The van der Waals surface area contributed by atoms with Crippen LogP contribution in [0, 0.1) is 0 Å². The Labute approximate surface area is 712 Å². The van der Waals surface area contributed by atoms with Crippen molar-refractivity contribution in [1.29, 1.82) is 0 Å². The van der Waals surface area contributed by atoms with Crippen LogP contribution < -0.4 is 52.1 Å². The smallest absolute Gasteiger partial charge is 0.256 e. The predicted molar refractivity (Wildman–Crippen MR) is 502 cm³/mol. The van der Waals surface area contributed by atoms with Gasteiger partial charge in [0.05, 0.1) is 27.8 Å². The van der Waals surface area contributed by atoms with Crippen molar-refractivity contribution >= 4 is 80.3 Å². The van der Waals surface area contributed by atoms with Crippen LogP contribution >= 0.6 is 0 Å². The van der Waals surface area contributed by atoms with Crippen LogP contribution in [0.25, 0.3) is 89.0 Å². The van der Waals surface area contributed by atoms with Gasteiger partial charge in [0.15, 0.2) is 0 Å². The van der Waals surface area contributed by atoms with Gasteiger partial charge in [-0.25, -0.2) is 0 Å². The van der Waals surface area contributed by atoms with Gasteiger partial charge in [-0.15, -0.1) is 0 Å². The Morgan fingerprint density at radius 2 is 0.622 bits per heavy atom. The van der Waals surface area contributed by atoms with E-state index in [1.54, 1.807) is 0 Å². The fourth-order valence-corrected chi connectivity index (χ4v) is 20.1. The number of rotatable bonds is 8. The Hall–Kier alpha value is -13.2. The van der Waals surface area contributed by atoms with E-state index < -0.39 is 36.3 Å². The Morgan fingerprint density at radius 1 is 0.261 bits per heavy atom. The van der Waals surface area contributed by atoms with E-state index in [0.29, 0.717) is 39.5 Å². The third kappa shape index (κ3) is 11.1. The first kappa shape index (κ1) is 64.0. The number of nitrogens with zero attached hydrogens (tertiary/aromatic N) is 2. The Balaban J connectivity index is 0.839.